The van der Waals surface area contributed by atoms with Crippen LogP contribution in [0, 0.1) is 5.82 Å². The minimum absolute atomic E-state index is 0.0254. The Morgan fingerprint density at radius 1 is 1.50 bits per heavy atom. The van der Waals surface area contributed by atoms with Crippen molar-refractivity contribution in [2.45, 2.75) is 6.54 Å². The molecule has 106 valence electrons. The zero-order valence-corrected chi connectivity index (χ0v) is 11.8. The molecular weight excluding hydrogens is 334 g/mol. The first-order chi connectivity index (χ1) is 9.56. The van der Waals surface area contributed by atoms with Gasteiger partial charge in [0.2, 0.25) is 0 Å². The van der Waals surface area contributed by atoms with E-state index in [1.54, 1.807) is 6.07 Å². The summed E-state index contributed by atoms with van der Waals surface area (Å²) in [6, 6.07) is 4.29. The molecule has 0 radical (unpaired) electrons. The fourth-order valence-corrected chi connectivity index (χ4v) is 1.96. The molecule has 2 N–H and O–H groups in total. The maximum Gasteiger partial charge on any atom is 0.350 e. The summed E-state index contributed by atoms with van der Waals surface area (Å²) in [5.41, 5.74) is 5.03. The summed E-state index contributed by atoms with van der Waals surface area (Å²) in [6.07, 6.45) is 1.52. The molecule has 2 aromatic rings. The molecule has 0 aliphatic heterocycles. The van der Waals surface area contributed by atoms with Crippen molar-refractivity contribution >= 4 is 15.9 Å². The first-order valence-corrected chi connectivity index (χ1v) is 6.44. The van der Waals surface area contributed by atoms with Crippen molar-refractivity contribution in [3.05, 3.63) is 57.2 Å². The quantitative estimate of drug-likeness (QED) is 0.918. The van der Waals surface area contributed by atoms with Crippen molar-refractivity contribution < 1.29 is 8.78 Å². The van der Waals surface area contributed by atoms with Crippen LogP contribution in [0.15, 0.2) is 45.7 Å². The Labute approximate surface area is 121 Å². The maximum atomic E-state index is 13.8. The smallest absolute Gasteiger partial charge is 0.327 e. The van der Waals surface area contributed by atoms with E-state index < -0.39 is 11.5 Å². The Morgan fingerprint density at radius 3 is 2.85 bits per heavy atom. The van der Waals surface area contributed by atoms with Gasteiger partial charge in [-0.3, -0.25) is 0 Å². The lowest BCUT2D eigenvalue weighted by Gasteiger charge is -2.03. The molecule has 0 amide bonds. The molecule has 0 saturated heterocycles. The van der Waals surface area contributed by atoms with Gasteiger partial charge in [0.1, 0.15) is 12.1 Å². The van der Waals surface area contributed by atoms with Crippen molar-refractivity contribution in [1.29, 1.82) is 0 Å². The molecule has 0 unspecified atom stereocenters. The topological polar surface area (TPSA) is 65.8 Å². The highest BCUT2D eigenvalue weighted by Crippen LogP contribution is 2.17. The van der Waals surface area contributed by atoms with Gasteiger partial charge in [0, 0.05) is 11.0 Å². The number of nitrogens with zero attached hydrogens (tertiary/aromatic N) is 3. The minimum Gasteiger partial charge on any atom is -0.327 e. The number of halogens is 3. The van der Waals surface area contributed by atoms with E-state index in [1.165, 1.54) is 18.5 Å². The molecule has 1 aromatic carbocycles. The van der Waals surface area contributed by atoms with Crippen LogP contribution in [0.1, 0.15) is 0 Å². The molecule has 0 aliphatic rings. The van der Waals surface area contributed by atoms with Gasteiger partial charge in [-0.1, -0.05) is 15.9 Å². The Morgan fingerprint density at radius 2 is 2.25 bits per heavy atom. The summed E-state index contributed by atoms with van der Waals surface area (Å²) in [4.78, 5) is 12.1. The first kappa shape index (κ1) is 14.6. The summed E-state index contributed by atoms with van der Waals surface area (Å²) < 4.78 is 28.9. The average Bonchev–Trinajstić information content (AvgIpc) is 2.77. The van der Waals surface area contributed by atoms with Gasteiger partial charge in [0.15, 0.2) is 0 Å². The number of rotatable bonds is 4. The van der Waals surface area contributed by atoms with E-state index >= 15 is 0 Å². The normalized spacial score (nSPS) is 11.9. The SMILES string of the molecule is NC/C(=C\F)Cn1ncn(-c2ccc(Br)cc2F)c1=O. The number of hydrogen-bond acceptors (Lipinski definition) is 3. The third-order valence-corrected chi connectivity index (χ3v) is 3.17. The lowest BCUT2D eigenvalue weighted by atomic mass is 10.3. The Balaban J connectivity index is 2.41. The van der Waals surface area contributed by atoms with Gasteiger partial charge in [-0.15, -0.1) is 0 Å². The Bertz CT molecular complexity index is 708. The molecule has 0 aliphatic carbocycles. The van der Waals surface area contributed by atoms with Crippen LogP contribution in [-0.2, 0) is 6.54 Å². The third kappa shape index (κ3) is 2.86. The second kappa shape index (κ2) is 6.10. The molecule has 0 saturated carbocycles. The zero-order chi connectivity index (χ0) is 14.7. The summed E-state index contributed by atoms with van der Waals surface area (Å²) in [5.74, 6) is -0.568. The van der Waals surface area contributed by atoms with Gasteiger partial charge in [-0.25, -0.2) is 22.8 Å². The minimum atomic E-state index is -0.570. The average molecular weight is 345 g/mol. The van der Waals surface area contributed by atoms with E-state index in [-0.39, 0.29) is 24.4 Å². The van der Waals surface area contributed by atoms with Crippen LogP contribution in [0.25, 0.3) is 5.69 Å². The van der Waals surface area contributed by atoms with Crippen molar-refractivity contribution in [2.24, 2.45) is 5.73 Å². The molecule has 1 heterocycles. The molecule has 0 atom stereocenters. The molecule has 0 bridgehead atoms. The van der Waals surface area contributed by atoms with Gasteiger partial charge in [-0.2, -0.15) is 5.10 Å². The monoisotopic (exact) mass is 344 g/mol. The largest absolute Gasteiger partial charge is 0.350 e. The predicted molar refractivity (Wildman–Crippen MR) is 73.7 cm³/mol. The summed E-state index contributed by atoms with van der Waals surface area (Å²) in [7, 11) is 0. The summed E-state index contributed by atoms with van der Waals surface area (Å²) in [5, 5.41) is 3.82. The van der Waals surface area contributed by atoms with Gasteiger partial charge in [0.05, 0.1) is 18.6 Å². The third-order valence-electron chi connectivity index (χ3n) is 2.67. The summed E-state index contributed by atoms with van der Waals surface area (Å²) >= 11 is 3.13. The van der Waals surface area contributed by atoms with Crippen molar-refractivity contribution in [2.75, 3.05) is 6.54 Å². The second-order valence-electron chi connectivity index (χ2n) is 4.01. The zero-order valence-electron chi connectivity index (χ0n) is 10.3. The van der Waals surface area contributed by atoms with Crippen molar-refractivity contribution in [3.8, 4) is 5.69 Å². The van der Waals surface area contributed by atoms with Gasteiger partial charge >= 0.3 is 5.69 Å². The van der Waals surface area contributed by atoms with E-state index in [0.29, 0.717) is 10.8 Å². The summed E-state index contributed by atoms with van der Waals surface area (Å²) in [6.45, 7) is -0.0978. The molecule has 8 heteroatoms. The number of nitrogens with two attached hydrogens (primary N) is 1. The van der Waals surface area contributed by atoms with Crippen LogP contribution in [0.4, 0.5) is 8.78 Å². The fourth-order valence-electron chi connectivity index (χ4n) is 1.62. The molecule has 0 spiro atoms. The van der Waals surface area contributed by atoms with E-state index in [2.05, 4.69) is 21.0 Å². The molecule has 20 heavy (non-hydrogen) atoms. The van der Waals surface area contributed by atoms with E-state index in [0.717, 1.165) is 9.25 Å². The van der Waals surface area contributed by atoms with Crippen molar-refractivity contribution in [3.63, 3.8) is 0 Å². The Hall–Kier alpha value is -1.80. The van der Waals surface area contributed by atoms with Crippen LogP contribution in [0.3, 0.4) is 0 Å². The highest BCUT2D eigenvalue weighted by molar-refractivity contribution is 9.10. The van der Waals surface area contributed by atoms with E-state index in [4.69, 9.17) is 5.73 Å². The van der Waals surface area contributed by atoms with E-state index in [1.807, 2.05) is 0 Å². The molecule has 0 fully saturated rings. The van der Waals surface area contributed by atoms with Crippen LogP contribution in [0.2, 0.25) is 0 Å². The van der Waals surface area contributed by atoms with Crippen LogP contribution < -0.4 is 11.4 Å². The lowest BCUT2D eigenvalue weighted by Crippen LogP contribution is -2.26. The number of benzene rings is 1. The van der Waals surface area contributed by atoms with Gasteiger partial charge in [-0.05, 0) is 23.8 Å². The van der Waals surface area contributed by atoms with Gasteiger partial charge < -0.3 is 5.73 Å². The van der Waals surface area contributed by atoms with Crippen LogP contribution in [-0.4, -0.2) is 20.9 Å². The van der Waals surface area contributed by atoms with Crippen LogP contribution >= 0.6 is 15.9 Å². The van der Waals surface area contributed by atoms with Gasteiger partial charge in [0.25, 0.3) is 0 Å². The predicted octanol–water partition coefficient (Wildman–Crippen LogP) is 1.75. The van der Waals surface area contributed by atoms with Crippen molar-refractivity contribution in [1.82, 2.24) is 14.3 Å². The molecule has 5 nitrogen and oxygen atoms in total. The highest BCUT2D eigenvalue weighted by atomic mass is 79.9. The number of hydrogen-bond donors (Lipinski definition) is 1. The molecular formula is C12H11BrF2N4O. The molecule has 1 aromatic heterocycles. The van der Waals surface area contributed by atoms with E-state index in [9.17, 15) is 13.6 Å². The Kier molecular flexibility index (Phi) is 4.46. The van der Waals surface area contributed by atoms with Crippen LogP contribution in [0.5, 0.6) is 0 Å². The fraction of sp³-hybridized carbons (Fsp3) is 0.167. The second-order valence-corrected chi connectivity index (χ2v) is 4.92. The lowest BCUT2D eigenvalue weighted by molar-refractivity contribution is 0.601. The first-order valence-electron chi connectivity index (χ1n) is 5.65. The standard InChI is InChI=1S/C12H11BrF2N4O/c13-9-1-2-11(10(15)3-9)18-7-17-19(12(18)20)6-8(4-14)5-16/h1-4,7H,5-6,16H2/b8-4+. The highest BCUT2D eigenvalue weighted by Gasteiger charge is 2.12. The number of aromatic nitrogens is 3. The molecule has 2 rings (SSSR count). The maximum absolute atomic E-state index is 13.8.